The van der Waals surface area contributed by atoms with Gasteiger partial charge in [-0.25, -0.2) is 0 Å². The second kappa shape index (κ2) is 13.5. The Kier molecular flexibility index (Phi) is 10.4. The molecule has 0 aliphatic rings. The number of rotatable bonds is 12. The second-order valence-electron chi connectivity index (χ2n) is 9.91. The van der Waals surface area contributed by atoms with E-state index in [1.54, 1.807) is 7.05 Å². The van der Waals surface area contributed by atoms with Crippen molar-refractivity contribution >= 4 is 5.91 Å². The molecule has 3 aromatic carbocycles. The molecule has 0 bridgehead atoms. The van der Waals surface area contributed by atoms with Gasteiger partial charge in [-0.15, -0.1) is 0 Å². The number of carbonyl (C=O) groups is 1. The summed E-state index contributed by atoms with van der Waals surface area (Å²) in [6.45, 7) is 8.14. The van der Waals surface area contributed by atoms with Crippen LogP contribution in [0.3, 0.4) is 0 Å². The highest BCUT2D eigenvalue weighted by molar-refractivity contribution is 5.82. The lowest BCUT2D eigenvalue weighted by molar-refractivity contribution is -0.137. The quantitative estimate of drug-likeness (QED) is 0.262. The van der Waals surface area contributed by atoms with E-state index in [-0.39, 0.29) is 24.0 Å². The number of likely N-dealkylation sites (N-methyl/N-ethyl adjacent to an activating group) is 1. The van der Waals surface area contributed by atoms with Gasteiger partial charge in [-0.05, 0) is 81.6 Å². The summed E-state index contributed by atoms with van der Waals surface area (Å²) in [7, 11) is 1.59. The zero-order valence-corrected chi connectivity index (χ0v) is 23.0. The lowest BCUT2D eigenvalue weighted by atomic mass is 9.87. The molecule has 2 atom stereocenters. The molecule has 0 spiro atoms. The van der Waals surface area contributed by atoms with Crippen LogP contribution in [0.1, 0.15) is 68.3 Å². The lowest BCUT2D eigenvalue weighted by Gasteiger charge is -2.24. The molecule has 5 nitrogen and oxygen atoms in total. The van der Waals surface area contributed by atoms with E-state index < -0.39 is 17.8 Å². The van der Waals surface area contributed by atoms with Crippen molar-refractivity contribution in [3.63, 3.8) is 0 Å². The maximum absolute atomic E-state index is 13.3. The van der Waals surface area contributed by atoms with Crippen molar-refractivity contribution in [1.82, 2.24) is 10.6 Å². The van der Waals surface area contributed by atoms with Crippen molar-refractivity contribution in [3.8, 4) is 11.5 Å². The van der Waals surface area contributed by atoms with Crippen LogP contribution in [0.4, 0.5) is 13.2 Å². The Labute approximate surface area is 228 Å². The number of halogens is 3. The standard InChI is InChI=1S/C31H37F3N2O3/c1-20(2)38-27-16-13-24(19-28(27)39-21(3)4)26(22-11-14-25(15-12-22)31(32,33)34)17-18-36-29(30(37)35-5)23-9-7-6-8-10-23/h6-16,19-21,26,29,36H,17-18H2,1-5H3,(H,35,37)/t26-,29-/m1/s1. The highest BCUT2D eigenvalue weighted by atomic mass is 19.4. The predicted octanol–water partition coefficient (Wildman–Crippen LogP) is 6.88. The van der Waals surface area contributed by atoms with E-state index in [2.05, 4.69) is 10.6 Å². The summed E-state index contributed by atoms with van der Waals surface area (Å²) in [5, 5.41) is 6.02. The minimum atomic E-state index is -4.42. The lowest BCUT2D eigenvalue weighted by Crippen LogP contribution is -2.36. The highest BCUT2D eigenvalue weighted by Gasteiger charge is 2.30. The third-order valence-corrected chi connectivity index (χ3v) is 6.16. The average Bonchev–Trinajstić information content (AvgIpc) is 2.89. The van der Waals surface area contributed by atoms with Gasteiger partial charge in [-0.2, -0.15) is 13.2 Å². The molecule has 0 radical (unpaired) electrons. The van der Waals surface area contributed by atoms with Crippen molar-refractivity contribution < 1.29 is 27.4 Å². The van der Waals surface area contributed by atoms with Gasteiger partial charge >= 0.3 is 6.18 Å². The Hall–Kier alpha value is -3.52. The van der Waals surface area contributed by atoms with Crippen LogP contribution in [0, 0.1) is 0 Å². The molecule has 0 heterocycles. The van der Waals surface area contributed by atoms with Gasteiger partial charge in [0, 0.05) is 13.0 Å². The maximum atomic E-state index is 13.3. The molecule has 0 saturated carbocycles. The van der Waals surface area contributed by atoms with Crippen molar-refractivity contribution in [2.24, 2.45) is 0 Å². The van der Waals surface area contributed by atoms with E-state index in [1.807, 2.05) is 76.2 Å². The normalized spacial score (nSPS) is 13.3. The predicted molar refractivity (Wildman–Crippen MR) is 147 cm³/mol. The molecular weight excluding hydrogens is 505 g/mol. The second-order valence-corrected chi connectivity index (χ2v) is 9.91. The zero-order chi connectivity index (χ0) is 28.6. The Morgan fingerprint density at radius 2 is 1.38 bits per heavy atom. The van der Waals surface area contributed by atoms with Gasteiger partial charge in [0.1, 0.15) is 6.04 Å². The van der Waals surface area contributed by atoms with Crippen molar-refractivity contribution in [3.05, 3.63) is 95.1 Å². The molecule has 0 fully saturated rings. The first-order valence-electron chi connectivity index (χ1n) is 13.1. The molecular formula is C31H37F3N2O3. The fourth-order valence-corrected chi connectivity index (χ4v) is 4.39. The Morgan fingerprint density at radius 3 is 1.95 bits per heavy atom. The van der Waals surface area contributed by atoms with Gasteiger partial charge in [0.15, 0.2) is 11.5 Å². The summed E-state index contributed by atoms with van der Waals surface area (Å²) < 4.78 is 51.7. The molecule has 2 N–H and O–H groups in total. The van der Waals surface area contributed by atoms with Crippen LogP contribution >= 0.6 is 0 Å². The van der Waals surface area contributed by atoms with Crippen LogP contribution in [0.2, 0.25) is 0 Å². The number of benzene rings is 3. The minimum absolute atomic E-state index is 0.0556. The molecule has 0 aliphatic carbocycles. The first kappa shape index (κ1) is 30.0. The number of carbonyl (C=O) groups excluding carboxylic acids is 1. The third-order valence-electron chi connectivity index (χ3n) is 6.16. The van der Waals surface area contributed by atoms with E-state index in [0.29, 0.717) is 24.5 Å². The van der Waals surface area contributed by atoms with Crippen LogP contribution in [0.5, 0.6) is 11.5 Å². The van der Waals surface area contributed by atoms with E-state index in [4.69, 9.17) is 9.47 Å². The van der Waals surface area contributed by atoms with Crippen molar-refractivity contribution in [1.29, 1.82) is 0 Å². The molecule has 0 saturated heterocycles. The smallest absolute Gasteiger partial charge is 0.416 e. The molecule has 0 aromatic heterocycles. The zero-order valence-electron chi connectivity index (χ0n) is 23.0. The van der Waals surface area contributed by atoms with Gasteiger partial charge in [0.05, 0.1) is 17.8 Å². The number of nitrogens with one attached hydrogen (secondary N) is 2. The van der Waals surface area contributed by atoms with Crippen LogP contribution in [-0.2, 0) is 11.0 Å². The van der Waals surface area contributed by atoms with Gasteiger partial charge in [-0.3, -0.25) is 4.79 Å². The van der Waals surface area contributed by atoms with E-state index in [0.717, 1.165) is 28.8 Å². The average molecular weight is 543 g/mol. The fourth-order valence-electron chi connectivity index (χ4n) is 4.39. The molecule has 3 aromatic rings. The van der Waals surface area contributed by atoms with E-state index in [1.165, 1.54) is 12.1 Å². The van der Waals surface area contributed by atoms with Crippen molar-refractivity contribution in [2.75, 3.05) is 13.6 Å². The largest absolute Gasteiger partial charge is 0.487 e. The molecule has 8 heteroatoms. The van der Waals surface area contributed by atoms with E-state index >= 15 is 0 Å². The SMILES string of the molecule is CNC(=O)[C@H](NCC[C@H](c1ccc(C(F)(F)F)cc1)c1ccc(OC(C)C)c(OC(C)C)c1)c1ccccc1. The number of amides is 1. The fraction of sp³-hybridized carbons (Fsp3) is 0.387. The highest BCUT2D eigenvalue weighted by Crippen LogP contribution is 2.37. The Bertz CT molecular complexity index is 1200. The van der Waals surface area contributed by atoms with Crippen LogP contribution < -0.4 is 20.1 Å². The molecule has 0 unspecified atom stereocenters. The topological polar surface area (TPSA) is 59.6 Å². The Morgan fingerprint density at radius 1 is 0.795 bits per heavy atom. The van der Waals surface area contributed by atoms with Gasteiger partial charge in [0.2, 0.25) is 5.91 Å². The summed E-state index contributed by atoms with van der Waals surface area (Å²) >= 11 is 0. The summed E-state index contributed by atoms with van der Waals surface area (Å²) in [4.78, 5) is 12.6. The van der Waals surface area contributed by atoms with E-state index in [9.17, 15) is 18.0 Å². The number of ether oxygens (including phenoxy) is 2. The number of alkyl halides is 3. The molecule has 39 heavy (non-hydrogen) atoms. The Balaban J connectivity index is 1.95. The molecule has 0 aliphatic heterocycles. The first-order valence-corrected chi connectivity index (χ1v) is 13.1. The number of hydrogen-bond acceptors (Lipinski definition) is 4. The van der Waals surface area contributed by atoms with Gasteiger partial charge in [0.25, 0.3) is 0 Å². The summed E-state index contributed by atoms with van der Waals surface area (Å²) in [5.41, 5.74) is 1.73. The molecule has 1 amide bonds. The van der Waals surface area contributed by atoms with Crippen LogP contribution in [-0.4, -0.2) is 31.7 Å². The monoisotopic (exact) mass is 542 g/mol. The third kappa shape index (κ3) is 8.48. The molecule has 210 valence electrons. The van der Waals surface area contributed by atoms with Crippen LogP contribution in [0.25, 0.3) is 0 Å². The van der Waals surface area contributed by atoms with Crippen LogP contribution in [0.15, 0.2) is 72.8 Å². The summed E-state index contributed by atoms with van der Waals surface area (Å²) in [6, 6.07) is 19.7. The van der Waals surface area contributed by atoms with Crippen molar-refractivity contribution in [2.45, 2.75) is 64.5 Å². The molecule has 3 rings (SSSR count). The van der Waals surface area contributed by atoms with Gasteiger partial charge in [-0.1, -0.05) is 48.5 Å². The minimum Gasteiger partial charge on any atom is -0.487 e. The van der Waals surface area contributed by atoms with Gasteiger partial charge < -0.3 is 20.1 Å². The maximum Gasteiger partial charge on any atom is 0.416 e. The first-order chi connectivity index (χ1) is 18.5. The number of hydrogen-bond donors (Lipinski definition) is 2. The summed E-state index contributed by atoms with van der Waals surface area (Å²) in [6.07, 6.45) is -4.04. The summed E-state index contributed by atoms with van der Waals surface area (Å²) in [5.74, 6) is 0.752.